The van der Waals surface area contributed by atoms with Crippen molar-refractivity contribution in [3.8, 4) is 11.8 Å². The van der Waals surface area contributed by atoms with E-state index in [0.29, 0.717) is 12.1 Å². The molecule has 0 atom stereocenters. The summed E-state index contributed by atoms with van der Waals surface area (Å²) in [6.45, 7) is 4.45. The van der Waals surface area contributed by atoms with Crippen LogP contribution in [0.4, 0.5) is 26.3 Å². The zero-order valence-electron chi connectivity index (χ0n) is 16.5. The second-order valence-electron chi connectivity index (χ2n) is 6.51. The van der Waals surface area contributed by atoms with Crippen molar-refractivity contribution in [2.24, 2.45) is 0 Å². The molecule has 0 spiro atoms. The van der Waals surface area contributed by atoms with Crippen molar-refractivity contribution in [2.75, 3.05) is 6.79 Å². The van der Waals surface area contributed by atoms with E-state index in [4.69, 9.17) is 9.47 Å². The molecule has 4 nitrogen and oxygen atoms in total. The van der Waals surface area contributed by atoms with Gasteiger partial charge in [-0.2, -0.15) is 31.6 Å². The second-order valence-corrected chi connectivity index (χ2v) is 6.51. The van der Waals surface area contributed by atoms with E-state index in [1.165, 1.54) is 31.2 Å². The number of halogens is 6. The number of rotatable bonds is 6. The van der Waals surface area contributed by atoms with Crippen molar-refractivity contribution in [1.82, 2.24) is 0 Å². The number of nitriles is 1. The highest BCUT2D eigenvalue weighted by Crippen LogP contribution is 2.37. The average Bonchev–Trinajstić information content (AvgIpc) is 2.71. The van der Waals surface area contributed by atoms with Crippen LogP contribution < -0.4 is 4.74 Å². The zero-order valence-corrected chi connectivity index (χ0v) is 16.5. The molecule has 0 fully saturated rings. The highest BCUT2D eigenvalue weighted by Gasteiger charge is 2.36. The first-order chi connectivity index (χ1) is 14.8. The highest BCUT2D eigenvalue weighted by molar-refractivity contribution is 5.90. The van der Waals surface area contributed by atoms with Gasteiger partial charge in [-0.1, -0.05) is 6.58 Å². The van der Waals surface area contributed by atoms with Gasteiger partial charge in [0, 0.05) is 5.57 Å². The summed E-state index contributed by atoms with van der Waals surface area (Å²) in [5.74, 6) is -0.408. The molecule has 168 valence electrons. The van der Waals surface area contributed by atoms with Crippen LogP contribution in [0.2, 0.25) is 0 Å². The molecule has 2 aromatic rings. The number of hydrogen-bond acceptors (Lipinski definition) is 4. The summed E-state index contributed by atoms with van der Waals surface area (Å²) in [7, 11) is 0. The fraction of sp³-hybridized carbons (Fsp3) is 0.182. The van der Waals surface area contributed by atoms with Crippen LogP contribution >= 0.6 is 0 Å². The van der Waals surface area contributed by atoms with Gasteiger partial charge in [0.05, 0.1) is 22.8 Å². The molecular formula is C22H15F6NO3. The minimum atomic E-state index is -5.00. The Labute approximate surface area is 179 Å². The van der Waals surface area contributed by atoms with Gasteiger partial charge in [0.15, 0.2) is 0 Å². The van der Waals surface area contributed by atoms with Crippen molar-refractivity contribution < 1.29 is 40.6 Å². The molecule has 0 aromatic heterocycles. The summed E-state index contributed by atoms with van der Waals surface area (Å²) in [6, 6.07) is 8.36. The monoisotopic (exact) mass is 455 g/mol. The number of nitrogens with zero attached hydrogens (tertiary/aromatic N) is 1. The molecule has 0 aliphatic rings. The molecule has 0 radical (unpaired) electrons. The van der Waals surface area contributed by atoms with Crippen molar-refractivity contribution in [3.63, 3.8) is 0 Å². The Hall–Kier alpha value is -3.74. The van der Waals surface area contributed by atoms with Gasteiger partial charge in [-0.05, 0) is 66.6 Å². The number of benzene rings is 2. The largest absolute Gasteiger partial charge is 0.457 e. The highest BCUT2D eigenvalue weighted by atomic mass is 19.4. The maximum atomic E-state index is 13.0. The fourth-order valence-electron chi connectivity index (χ4n) is 2.41. The summed E-state index contributed by atoms with van der Waals surface area (Å²) in [5.41, 5.74) is -3.16. The van der Waals surface area contributed by atoms with Gasteiger partial charge in [-0.15, -0.1) is 0 Å². The molecule has 0 N–H and O–H groups in total. The van der Waals surface area contributed by atoms with Crippen molar-refractivity contribution in [2.45, 2.75) is 19.3 Å². The van der Waals surface area contributed by atoms with Crippen LogP contribution in [-0.2, 0) is 21.9 Å². The van der Waals surface area contributed by atoms with E-state index in [-0.39, 0.29) is 28.5 Å². The van der Waals surface area contributed by atoms with Gasteiger partial charge in [0.1, 0.15) is 5.75 Å². The van der Waals surface area contributed by atoms with E-state index >= 15 is 0 Å². The van der Waals surface area contributed by atoms with Gasteiger partial charge in [0.25, 0.3) is 0 Å². The van der Waals surface area contributed by atoms with E-state index in [9.17, 15) is 36.4 Å². The van der Waals surface area contributed by atoms with Gasteiger partial charge in [-0.3, -0.25) is 0 Å². The number of allylic oxidation sites excluding steroid dienone is 1. The van der Waals surface area contributed by atoms with E-state index < -0.39 is 41.8 Å². The molecular weight excluding hydrogens is 440 g/mol. The predicted octanol–water partition coefficient (Wildman–Crippen LogP) is 6.24. The first-order valence-corrected chi connectivity index (χ1v) is 8.78. The smallest absolute Gasteiger partial charge is 0.416 e. The van der Waals surface area contributed by atoms with Gasteiger partial charge in [0.2, 0.25) is 6.79 Å². The van der Waals surface area contributed by atoms with Crippen LogP contribution in [0.25, 0.3) is 11.6 Å². The molecule has 0 bridgehead atoms. The Balaban J connectivity index is 2.30. The van der Waals surface area contributed by atoms with E-state index in [0.717, 1.165) is 6.08 Å². The molecule has 0 saturated carbocycles. The molecule has 0 aliphatic heterocycles. The first-order valence-electron chi connectivity index (χ1n) is 8.78. The van der Waals surface area contributed by atoms with Crippen LogP contribution in [0, 0.1) is 11.3 Å². The number of carbonyl (C=O) groups is 1. The van der Waals surface area contributed by atoms with Crippen LogP contribution in [0.5, 0.6) is 5.75 Å². The topological polar surface area (TPSA) is 59.3 Å². The predicted molar refractivity (Wildman–Crippen MR) is 103 cm³/mol. The fourth-order valence-corrected chi connectivity index (χ4v) is 2.41. The van der Waals surface area contributed by atoms with Crippen LogP contribution in [0.3, 0.4) is 0 Å². The van der Waals surface area contributed by atoms with Crippen molar-refractivity contribution >= 4 is 17.6 Å². The minimum Gasteiger partial charge on any atom is -0.457 e. The minimum absolute atomic E-state index is 0.0101. The molecule has 0 unspecified atom stereocenters. The average molecular weight is 455 g/mol. The van der Waals surface area contributed by atoms with Gasteiger partial charge < -0.3 is 9.47 Å². The third-order valence-electron chi connectivity index (χ3n) is 3.97. The first kappa shape index (κ1) is 24.5. The summed E-state index contributed by atoms with van der Waals surface area (Å²) in [5, 5.41) is 9.36. The van der Waals surface area contributed by atoms with E-state index in [2.05, 4.69) is 6.58 Å². The molecule has 10 heteroatoms. The summed E-state index contributed by atoms with van der Waals surface area (Å²) >= 11 is 0. The van der Waals surface area contributed by atoms with Crippen LogP contribution in [0.1, 0.15) is 29.2 Å². The maximum absolute atomic E-state index is 13.0. The number of ether oxygens (including phenoxy) is 2. The number of hydrogen-bond donors (Lipinski definition) is 0. The van der Waals surface area contributed by atoms with Gasteiger partial charge in [-0.25, -0.2) is 4.79 Å². The maximum Gasteiger partial charge on any atom is 0.416 e. The summed E-state index contributed by atoms with van der Waals surface area (Å²) in [4.78, 5) is 11.3. The standard InChI is InChI=1S/C22H15F6NO3/c1-13(2)20(30)32-12-31-19-5-3-15(4-6-19)16(11-29)7-14-8-17(21(23,24)25)10-18(9-14)22(26,27)28/h3-10H,1,12H2,2H3/b16-7+. The quantitative estimate of drug-likeness (QED) is 0.129. The lowest BCUT2D eigenvalue weighted by Crippen LogP contribution is -2.11. The zero-order chi connectivity index (χ0) is 24.1. The SMILES string of the molecule is C=C(C)C(=O)OCOc1ccc(/C(C#N)=C/c2cc(C(F)(F)F)cc(C(F)(F)F)c2)cc1. The Kier molecular flexibility index (Phi) is 7.36. The Bertz CT molecular complexity index is 1040. The van der Waals surface area contributed by atoms with Gasteiger partial charge >= 0.3 is 18.3 Å². The normalized spacial score (nSPS) is 12.1. The molecule has 2 rings (SSSR count). The number of esters is 1. The second kappa shape index (κ2) is 9.60. The molecule has 0 saturated heterocycles. The van der Waals surface area contributed by atoms with E-state index in [1.54, 1.807) is 6.07 Å². The van der Waals surface area contributed by atoms with E-state index in [1.807, 2.05) is 0 Å². The molecule has 32 heavy (non-hydrogen) atoms. The van der Waals surface area contributed by atoms with Crippen LogP contribution in [0.15, 0.2) is 54.6 Å². The lowest BCUT2D eigenvalue weighted by Gasteiger charge is -2.13. The third kappa shape index (κ3) is 6.63. The number of carbonyl (C=O) groups excluding carboxylic acids is 1. The van der Waals surface area contributed by atoms with Crippen molar-refractivity contribution in [3.05, 3.63) is 76.9 Å². The number of alkyl halides is 6. The summed E-state index contributed by atoms with van der Waals surface area (Å²) in [6.07, 6.45) is -9.07. The molecule has 2 aromatic carbocycles. The van der Waals surface area contributed by atoms with Crippen LogP contribution in [-0.4, -0.2) is 12.8 Å². The Morgan fingerprint density at radius 3 is 2.00 bits per heavy atom. The third-order valence-corrected chi connectivity index (χ3v) is 3.97. The summed E-state index contributed by atoms with van der Waals surface area (Å²) < 4.78 is 88.0. The molecule has 0 heterocycles. The van der Waals surface area contributed by atoms with Crippen molar-refractivity contribution in [1.29, 1.82) is 5.26 Å². The Morgan fingerprint density at radius 1 is 1.03 bits per heavy atom. The lowest BCUT2D eigenvalue weighted by molar-refractivity contribution is -0.145. The Morgan fingerprint density at radius 2 is 1.56 bits per heavy atom. The molecule has 0 amide bonds. The molecule has 0 aliphatic carbocycles. The lowest BCUT2D eigenvalue weighted by atomic mass is 10.00.